The number of amides is 1. The summed E-state index contributed by atoms with van der Waals surface area (Å²) in [5.74, 6) is -0.416. The number of carbonyl (C=O) groups is 1. The first-order chi connectivity index (χ1) is 14.0. The van der Waals surface area contributed by atoms with Gasteiger partial charge >= 0.3 is 0 Å². The molecule has 29 heavy (non-hydrogen) atoms. The Kier molecular flexibility index (Phi) is 7.13. The summed E-state index contributed by atoms with van der Waals surface area (Å²) < 4.78 is 11.2. The molecule has 1 aliphatic heterocycles. The molecule has 7 heteroatoms. The molecule has 2 aromatic rings. The summed E-state index contributed by atoms with van der Waals surface area (Å²) in [6, 6.07) is 15.9. The molecular weight excluding hydrogens is 372 g/mol. The van der Waals surface area contributed by atoms with Crippen molar-refractivity contribution in [3.63, 3.8) is 0 Å². The summed E-state index contributed by atoms with van der Waals surface area (Å²) in [5.41, 5.74) is 7.88. The highest BCUT2D eigenvalue weighted by Gasteiger charge is 2.45. The zero-order valence-corrected chi connectivity index (χ0v) is 16.0. The molecular formula is C22H26N2O5. The molecule has 1 amide bonds. The van der Waals surface area contributed by atoms with Gasteiger partial charge in [-0.3, -0.25) is 4.79 Å². The van der Waals surface area contributed by atoms with Gasteiger partial charge in [0.1, 0.15) is 24.4 Å². The van der Waals surface area contributed by atoms with Gasteiger partial charge in [-0.15, -0.1) is 6.58 Å². The Morgan fingerprint density at radius 2 is 1.86 bits per heavy atom. The van der Waals surface area contributed by atoms with Gasteiger partial charge in [-0.25, -0.2) is 0 Å². The Balaban J connectivity index is 1.79. The summed E-state index contributed by atoms with van der Waals surface area (Å²) in [6.45, 7) is 3.75. The molecule has 0 spiro atoms. The summed E-state index contributed by atoms with van der Waals surface area (Å²) in [5, 5.41) is 23.5. The van der Waals surface area contributed by atoms with Crippen molar-refractivity contribution in [2.45, 2.75) is 30.6 Å². The molecule has 3 rings (SSSR count). The van der Waals surface area contributed by atoms with Crippen LogP contribution >= 0.6 is 0 Å². The molecule has 2 aromatic carbocycles. The monoisotopic (exact) mass is 398 g/mol. The van der Waals surface area contributed by atoms with Gasteiger partial charge in [-0.2, -0.15) is 0 Å². The molecule has 0 aromatic heterocycles. The van der Waals surface area contributed by atoms with Crippen molar-refractivity contribution >= 4 is 5.91 Å². The third kappa shape index (κ3) is 4.90. The van der Waals surface area contributed by atoms with Crippen LogP contribution in [0.25, 0.3) is 11.1 Å². The third-order valence-electron chi connectivity index (χ3n) is 4.84. The van der Waals surface area contributed by atoms with Crippen LogP contribution in [0.2, 0.25) is 0 Å². The lowest BCUT2D eigenvalue weighted by atomic mass is 9.96. The van der Waals surface area contributed by atoms with Crippen LogP contribution in [0.1, 0.15) is 10.4 Å². The van der Waals surface area contributed by atoms with Gasteiger partial charge in [-0.1, -0.05) is 48.5 Å². The lowest BCUT2D eigenvalue weighted by Gasteiger charge is -2.42. The Morgan fingerprint density at radius 1 is 1.14 bits per heavy atom. The Morgan fingerprint density at radius 3 is 2.55 bits per heavy atom. The molecule has 1 saturated heterocycles. The first-order valence-electron chi connectivity index (χ1n) is 9.45. The van der Waals surface area contributed by atoms with Crippen LogP contribution in [0.4, 0.5) is 0 Å². The van der Waals surface area contributed by atoms with Crippen LogP contribution in [0.15, 0.2) is 67.3 Å². The average Bonchev–Trinajstić information content (AvgIpc) is 2.77. The van der Waals surface area contributed by atoms with E-state index in [2.05, 4.69) is 11.9 Å². The van der Waals surface area contributed by atoms with Crippen molar-refractivity contribution in [3.8, 4) is 11.1 Å². The number of ether oxygens (including phenoxy) is 2. The minimum absolute atomic E-state index is 0.00592. The van der Waals surface area contributed by atoms with Crippen LogP contribution in [-0.4, -0.2) is 59.9 Å². The first-order valence-corrected chi connectivity index (χ1v) is 9.45. The van der Waals surface area contributed by atoms with Gasteiger partial charge < -0.3 is 30.7 Å². The number of nitrogens with one attached hydrogen (secondary N) is 1. The van der Waals surface area contributed by atoms with E-state index in [0.29, 0.717) is 5.56 Å². The fraction of sp³-hybridized carbons (Fsp3) is 0.318. The number of carbonyl (C=O) groups excluding carboxylic acids is 1. The molecule has 0 radical (unpaired) electrons. The number of rotatable bonds is 7. The SMILES string of the molecule is C=CCOC1O[C@H](CN)[C@@H](O)[C@H](O)[C@H]1NC(=O)c1cccc(-c2ccccc2)c1. The molecule has 1 unspecified atom stereocenters. The first kappa shape index (κ1) is 21.2. The van der Waals surface area contributed by atoms with Crippen molar-refractivity contribution < 1.29 is 24.5 Å². The minimum Gasteiger partial charge on any atom is -0.388 e. The lowest BCUT2D eigenvalue weighted by molar-refractivity contribution is -0.257. The van der Waals surface area contributed by atoms with Crippen LogP contribution < -0.4 is 11.1 Å². The topological polar surface area (TPSA) is 114 Å². The van der Waals surface area contributed by atoms with Gasteiger partial charge in [0.2, 0.25) is 0 Å². The number of benzene rings is 2. The second-order valence-electron chi connectivity index (χ2n) is 6.83. The van der Waals surface area contributed by atoms with E-state index in [9.17, 15) is 15.0 Å². The predicted octanol–water partition coefficient (Wildman–Crippen LogP) is 1.06. The smallest absolute Gasteiger partial charge is 0.251 e. The van der Waals surface area contributed by atoms with Crippen molar-refractivity contribution in [3.05, 3.63) is 72.8 Å². The van der Waals surface area contributed by atoms with Crippen molar-refractivity contribution in [2.75, 3.05) is 13.2 Å². The molecule has 1 heterocycles. The molecule has 154 valence electrons. The molecule has 1 fully saturated rings. The van der Waals surface area contributed by atoms with Gasteiger partial charge in [0.25, 0.3) is 5.91 Å². The van der Waals surface area contributed by atoms with Gasteiger partial charge in [0.15, 0.2) is 6.29 Å². The second-order valence-corrected chi connectivity index (χ2v) is 6.83. The highest BCUT2D eigenvalue weighted by Crippen LogP contribution is 2.23. The quantitative estimate of drug-likeness (QED) is 0.519. The number of hydrogen-bond donors (Lipinski definition) is 4. The fourth-order valence-electron chi connectivity index (χ4n) is 3.29. The van der Waals surface area contributed by atoms with Gasteiger partial charge in [-0.05, 0) is 23.3 Å². The predicted molar refractivity (Wildman–Crippen MR) is 109 cm³/mol. The molecule has 1 aliphatic rings. The van der Waals surface area contributed by atoms with Gasteiger partial charge in [0, 0.05) is 12.1 Å². The van der Waals surface area contributed by atoms with E-state index in [4.69, 9.17) is 15.2 Å². The lowest BCUT2D eigenvalue weighted by Crippen LogP contribution is -2.65. The maximum absolute atomic E-state index is 12.9. The zero-order chi connectivity index (χ0) is 20.8. The van der Waals surface area contributed by atoms with E-state index < -0.39 is 36.6 Å². The minimum atomic E-state index is -1.30. The average molecular weight is 398 g/mol. The van der Waals surface area contributed by atoms with Crippen molar-refractivity contribution in [2.24, 2.45) is 5.73 Å². The van der Waals surface area contributed by atoms with Crippen LogP contribution in [0, 0.1) is 0 Å². The maximum Gasteiger partial charge on any atom is 0.251 e. The molecule has 0 saturated carbocycles. The van der Waals surface area contributed by atoms with E-state index in [-0.39, 0.29) is 13.2 Å². The fourth-order valence-corrected chi connectivity index (χ4v) is 3.29. The van der Waals surface area contributed by atoms with E-state index in [1.165, 1.54) is 6.08 Å². The maximum atomic E-state index is 12.9. The highest BCUT2D eigenvalue weighted by molar-refractivity contribution is 5.95. The number of aliphatic hydroxyl groups excluding tert-OH is 2. The molecule has 0 aliphatic carbocycles. The Bertz CT molecular complexity index is 829. The van der Waals surface area contributed by atoms with E-state index in [1.54, 1.807) is 18.2 Å². The van der Waals surface area contributed by atoms with Crippen LogP contribution in [0.3, 0.4) is 0 Å². The third-order valence-corrected chi connectivity index (χ3v) is 4.84. The zero-order valence-electron chi connectivity index (χ0n) is 16.0. The van der Waals surface area contributed by atoms with Crippen LogP contribution in [-0.2, 0) is 9.47 Å². The molecule has 0 bridgehead atoms. The van der Waals surface area contributed by atoms with E-state index in [1.807, 2.05) is 36.4 Å². The standard InChI is InChI=1S/C22H26N2O5/c1-2-11-28-22-18(20(26)19(25)17(13-23)29-22)24-21(27)16-10-6-9-15(12-16)14-7-4-3-5-8-14/h2-10,12,17-20,22,25-26H,1,11,13,23H2,(H,24,27)/t17-,18-,19-,20-,22?/m1/s1. The van der Waals surface area contributed by atoms with Crippen molar-refractivity contribution in [1.82, 2.24) is 5.32 Å². The van der Waals surface area contributed by atoms with Crippen LogP contribution in [0.5, 0.6) is 0 Å². The van der Waals surface area contributed by atoms with E-state index in [0.717, 1.165) is 11.1 Å². The summed E-state index contributed by atoms with van der Waals surface area (Å²) in [4.78, 5) is 12.9. The van der Waals surface area contributed by atoms with E-state index >= 15 is 0 Å². The number of hydrogen-bond acceptors (Lipinski definition) is 6. The van der Waals surface area contributed by atoms with Gasteiger partial charge in [0.05, 0.1) is 6.61 Å². The number of aliphatic hydroxyl groups is 2. The Labute approximate surface area is 169 Å². The highest BCUT2D eigenvalue weighted by atomic mass is 16.7. The largest absolute Gasteiger partial charge is 0.388 e. The normalized spacial score (nSPS) is 26.7. The summed E-state index contributed by atoms with van der Waals surface area (Å²) in [7, 11) is 0. The summed E-state index contributed by atoms with van der Waals surface area (Å²) >= 11 is 0. The molecule has 5 atom stereocenters. The summed E-state index contributed by atoms with van der Waals surface area (Å²) in [6.07, 6.45) is -2.78. The molecule has 5 N–H and O–H groups in total. The molecule has 7 nitrogen and oxygen atoms in total. The number of nitrogens with two attached hydrogens (primary N) is 1. The second kappa shape index (κ2) is 9.78. The van der Waals surface area contributed by atoms with Crippen molar-refractivity contribution in [1.29, 1.82) is 0 Å². The Hall–Kier alpha value is -2.55.